The molecule has 0 saturated heterocycles. The van der Waals surface area contributed by atoms with E-state index in [4.69, 9.17) is 0 Å². The van der Waals surface area contributed by atoms with Crippen LogP contribution in [0.15, 0.2) is 48.5 Å². The average molecular weight is 268 g/mol. The molecule has 0 unspecified atom stereocenters. The minimum Gasteiger partial charge on any atom is -0.508 e. The van der Waals surface area contributed by atoms with Gasteiger partial charge in [0.1, 0.15) is 11.9 Å². The maximum Gasteiger partial charge on any atom is 0.257 e. The van der Waals surface area contributed by atoms with E-state index in [9.17, 15) is 9.90 Å². The maximum atomic E-state index is 12.5. The number of nitrogens with zero attached hydrogens (tertiary/aromatic N) is 2. The van der Waals surface area contributed by atoms with E-state index in [2.05, 4.69) is 0 Å². The number of phenols is 1. The van der Waals surface area contributed by atoms with Gasteiger partial charge in [0.05, 0.1) is 11.3 Å². The van der Waals surface area contributed by atoms with Crippen molar-refractivity contribution in [2.45, 2.75) is 6.17 Å². The van der Waals surface area contributed by atoms with Gasteiger partial charge in [-0.05, 0) is 29.8 Å². The summed E-state index contributed by atoms with van der Waals surface area (Å²) in [6, 6.07) is 14.6. The van der Waals surface area contributed by atoms with Gasteiger partial charge in [-0.25, -0.2) is 0 Å². The lowest BCUT2D eigenvalue weighted by Gasteiger charge is -2.42. The summed E-state index contributed by atoms with van der Waals surface area (Å²) in [5.74, 6) is 0.197. The van der Waals surface area contributed by atoms with Gasteiger partial charge in [-0.3, -0.25) is 4.79 Å². The zero-order valence-corrected chi connectivity index (χ0v) is 11.4. The van der Waals surface area contributed by atoms with Crippen molar-refractivity contribution >= 4 is 11.6 Å². The topological polar surface area (TPSA) is 43.8 Å². The summed E-state index contributed by atoms with van der Waals surface area (Å²) in [7, 11) is 3.74. The van der Waals surface area contributed by atoms with E-state index in [1.807, 2.05) is 42.3 Å². The molecule has 102 valence electrons. The van der Waals surface area contributed by atoms with Gasteiger partial charge in [-0.1, -0.05) is 24.3 Å². The summed E-state index contributed by atoms with van der Waals surface area (Å²) < 4.78 is 0. The van der Waals surface area contributed by atoms with Crippen molar-refractivity contribution < 1.29 is 9.90 Å². The Labute approximate surface area is 117 Å². The third kappa shape index (κ3) is 1.81. The molecular formula is C16H16N2O2. The number of carbonyl (C=O) groups excluding carboxylic acids is 1. The molecule has 1 N–H and O–H groups in total. The SMILES string of the molecule is CN1C(=O)c2ccccc2N(C)[C@@H]1c1cccc(O)c1. The molecule has 0 radical (unpaired) electrons. The molecule has 1 atom stereocenters. The predicted molar refractivity (Wildman–Crippen MR) is 77.8 cm³/mol. The van der Waals surface area contributed by atoms with Gasteiger partial charge in [0, 0.05) is 14.1 Å². The first-order chi connectivity index (χ1) is 9.59. The number of hydrogen-bond donors (Lipinski definition) is 1. The summed E-state index contributed by atoms with van der Waals surface area (Å²) in [5, 5.41) is 9.66. The third-order valence-corrected chi connectivity index (χ3v) is 3.74. The smallest absolute Gasteiger partial charge is 0.257 e. The summed E-state index contributed by atoms with van der Waals surface area (Å²) in [4.78, 5) is 16.2. The quantitative estimate of drug-likeness (QED) is 0.864. The fourth-order valence-corrected chi connectivity index (χ4v) is 2.79. The average Bonchev–Trinajstić information content (AvgIpc) is 2.45. The number of aromatic hydroxyl groups is 1. The highest BCUT2D eigenvalue weighted by atomic mass is 16.3. The summed E-state index contributed by atoms with van der Waals surface area (Å²) in [5.41, 5.74) is 2.50. The number of hydrogen-bond acceptors (Lipinski definition) is 3. The number of rotatable bonds is 1. The first kappa shape index (κ1) is 12.5. The molecule has 20 heavy (non-hydrogen) atoms. The van der Waals surface area contributed by atoms with Gasteiger partial charge in [0.2, 0.25) is 0 Å². The Morgan fingerprint density at radius 2 is 1.75 bits per heavy atom. The van der Waals surface area contributed by atoms with Crippen molar-refractivity contribution in [3.8, 4) is 5.75 Å². The van der Waals surface area contributed by atoms with E-state index in [-0.39, 0.29) is 17.8 Å². The zero-order chi connectivity index (χ0) is 14.3. The molecular weight excluding hydrogens is 252 g/mol. The molecule has 0 saturated carbocycles. The van der Waals surface area contributed by atoms with Crippen molar-refractivity contribution in [2.24, 2.45) is 0 Å². The van der Waals surface area contributed by atoms with E-state index in [0.717, 1.165) is 11.3 Å². The summed E-state index contributed by atoms with van der Waals surface area (Å²) >= 11 is 0. The van der Waals surface area contributed by atoms with E-state index in [0.29, 0.717) is 5.56 Å². The summed E-state index contributed by atoms with van der Waals surface area (Å²) in [6.45, 7) is 0. The van der Waals surface area contributed by atoms with Gasteiger partial charge in [0.15, 0.2) is 0 Å². The Balaban J connectivity index is 2.12. The molecule has 3 rings (SSSR count). The molecule has 4 nitrogen and oxygen atoms in total. The molecule has 1 aliphatic rings. The lowest BCUT2D eigenvalue weighted by Crippen LogP contribution is -2.45. The highest BCUT2D eigenvalue weighted by Crippen LogP contribution is 2.37. The van der Waals surface area contributed by atoms with Crippen LogP contribution in [0, 0.1) is 0 Å². The summed E-state index contributed by atoms with van der Waals surface area (Å²) in [6.07, 6.45) is -0.218. The second kappa shape index (κ2) is 4.56. The minimum atomic E-state index is -0.218. The fraction of sp³-hybridized carbons (Fsp3) is 0.188. The second-order valence-electron chi connectivity index (χ2n) is 5.01. The Morgan fingerprint density at radius 3 is 2.50 bits per heavy atom. The molecule has 2 aromatic rings. The van der Waals surface area contributed by atoms with E-state index in [1.54, 1.807) is 30.1 Å². The van der Waals surface area contributed by atoms with Crippen LogP contribution in [-0.4, -0.2) is 30.0 Å². The number of benzene rings is 2. The number of fused-ring (bicyclic) bond motifs is 1. The molecule has 0 bridgehead atoms. The Bertz CT molecular complexity index is 669. The lowest BCUT2D eigenvalue weighted by atomic mass is 10.0. The van der Waals surface area contributed by atoms with Gasteiger partial charge in [-0.2, -0.15) is 0 Å². The largest absolute Gasteiger partial charge is 0.508 e. The normalized spacial score (nSPS) is 18.1. The lowest BCUT2D eigenvalue weighted by molar-refractivity contribution is 0.0711. The molecule has 2 aromatic carbocycles. The van der Waals surface area contributed by atoms with Crippen LogP contribution in [-0.2, 0) is 0 Å². The van der Waals surface area contributed by atoms with Crippen molar-refractivity contribution in [2.75, 3.05) is 19.0 Å². The number of anilines is 1. The zero-order valence-electron chi connectivity index (χ0n) is 11.4. The first-order valence-corrected chi connectivity index (χ1v) is 6.47. The molecule has 0 spiro atoms. The number of amides is 1. The van der Waals surface area contributed by atoms with Crippen LogP contribution in [0.2, 0.25) is 0 Å². The highest BCUT2D eigenvalue weighted by Gasteiger charge is 2.34. The second-order valence-corrected chi connectivity index (χ2v) is 5.01. The van der Waals surface area contributed by atoms with Crippen LogP contribution in [0.5, 0.6) is 5.75 Å². The van der Waals surface area contributed by atoms with E-state index < -0.39 is 0 Å². The monoisotopic (exact) mass is 268 g/mol. The van der Waals surface area contributed by atoms with Crippen LogP contribution in [0.3, 0.4) is 0 Å². The van der Waals surface area contributed by atoms with Crippen LogP contribution < -0.4 is 4.90 Å². The third-order valence-electron chi connectivity index (χ3n) is 3.74. The molecule has 1 heterocycles. The van der Waals surface area contributed by atoms with E-state index in [1.165, 1.54) is 0 Å². The first-order valence-electron chi connectivity index (χ1n) is 6.47. The molecule has 1 aliphatic heterocycles. The van der Waals surface area contributed by atoms with Crippen molar-refractivity contribution in [3.05, 3.63) is 59.7 Å². The van der Waals surface area contributed by atoms with E-state index >= 15 is 0 Å². The van der Waals surface area contributed by atoms with Gasteiger partial charge in [0.25, 0.3) is 5.91 Å². The number of para-hydroxylation sites is 1. The molecule has 1 amide bonds. The molecule has 0 aliphatic carbocycles. The maximum absolute atomic E-state index is 12.5. The van der Waals surface area contributed by atoms with Crippen LogP contribution in [0.4, 0.5) is 5.69 Å². The molecule has 4 heteroatoms. The Hall–Kier alpha value is -2.49. The van der Waals surface area contributed by atoms with Crippen molar-refractivity contribution in [1.82, 2.24) is 4.90 Å². The predicted octanol–water partition coefficient (Wildman–Crippen LogP) is 2.61. The molecule has 0 fully saturated rings. The van der Waals surface area contributed by atoms with Crippen LogP contribution in [0.1, 0.15) is 22.1 Å². The molecule has 0 aromatic heterocycles. The fourth-order valence-electron chi connectivity index (χ4n) is 2.79. The van der Waals surface area contributed by atoms with Crippen molar-refractivity contribution in [3.63, 3.8) is 0 Å². The minimum absolute atomic E-state index is 0.00737. The standard InChI is InChI=1S/C16H16N2O2/c1-17-14-9-4-3-8-13(14)16(20)18(2)15(17)11-6-5-7-12(19)10-11/h3-10,15,19H,1-2H3/t15-/m0/s1. The van der Waals surface area contributed by atoms with Crippen molar-refractivity contribution in [1.29, 1.82) is 0 Å². The number of carbonyl (C=O) groups is 1. The highest BCUT2D eigenvalue weighted by molar-refractivity contribution is 6.01. The Morgan fingerprint density at radius 1 is 1.00 bits per heavy atom. The van der Waals surface area contributed by atoms with Gasteiger partial charge in [-0.15, -0.1) is 0 Å². The van der Waals surface area contributed by atoms with Gasteiger partial charge >= 0.3 is 0 Å². The van der Waals surface area contributed by atoms with Crippen LogP contribution in [0.25, 0.3) is 0 Å². The van der Waals surface area contributed by atoms with Crippen LogP contribution >= 0.6 is 0 Å². The van der Waals surface area contributed by atoms with Gasteiger partial charge < -0.3 is 14.9 Å². The Kier molecular flexibility index (Phi) is 2.86. The number of phenolic OH excluding ortho intramolecular Hbond substituents is 1.